The number of hydrogen-bond donors (Lipinski definition) is 0. The van der Waals surface area contributed by atoms with Gasteiger partial charge in [0.15, 0.2) is 0 Å². The van der Waals surface area contributed by atoms with Crippen molar-refractivity contribution in [2.45, 2.75) is 12.8 Å². The third kappa shape index (κ3) is 4.80. The molecular weight excluding hydrogens is 419 g/mol. The average molecular weight is 438 g/mol. The van der Waals surface area contributed by atoms with Crippen molar-refractivity contribution < 1.29 is 18.3 Å². The molecular formula is C27H19FN2O3. The number of rotatable bonds is 7. The number of aromatic nitrogens is 2. The summed E-state index contributed by atoms with van der Waals surface area (Å²) in [5.41, 5.74) is 3.05. The predicted octanol–water partition coefficient (Wildman–Crippen LogP) is 6.18. The predicted molar refractivity (Wildman–Crippen MR) is 123 cm³/mol. The molecule has 0 aliphatic heterocycles. The number of carbonyl (C=O) groups excluding carboxylic acids is 1. The SMILES string of the molecule is O=C(Cc1ccc(F)cc1)Cc1ccc(Oc2ncnc3oc(-c4ccccc4)cc23)cc1. The standard InChI is InChI=1S/C27H19FN2O3/c28-21-10-6-18(7-11-21)14-22(31)15-19-8-12-23(13-9-19)32-26-24-16-25(20-4-2-1-3-5-20)33-27(24)30-17-29-26/h1-13,16-17H,14-15H2. The number of benzene rings is 3. The van der Waals surface area contributed by atoms with Crippen molar-refractivity contribution in [2.24, 2.45) is 0 Å². The molecule has 5 nitrogen and oxygen atoms in total. The van der Waals surface area contributed by atoms with Crippen molar-refractivity contribution in [3.05, 3.63) is 108 Å². The third-order valence-corrected chi connectivity index (χ3v) is 5.20. The van der Waals surface area contributed by atoms with Gasteiger partial charge in [-0.25, -0.2) is 14.4 Å². The Labute approximate surface area is 189 Å². The van der Waals surface area contributed by atoms with Gasteiger partial charge in [0.2, 0.25) is 11.6 Å². The minimum absolute atomic E-state index is 0.0552. The molecule has 162 valence electrons. The Morgan fingerprint density at radius 1 is 0.848 bits per heavy atom. The van der Waals surface area contributed by atoms with E-state index in [-0.39, 0.29) is 24.4 Å². The van der Waals surface area contributed by atoms with Crippen LogP contribution in [0.25, 0.3) is 22.4 Å². The van der Waals surface area contributed by atoms with Crippen molar-refractivity contribution in [2.75, 3.05) is 0 Å². The van der Waals surface area contributed by atoms with Crippen LogP contribution < -0.4 is 4.74 Å². The molecule has 2 heterocycles. The average Bonchev–Trinajstić information content (AvgIpc) is 3.28. The monoisotopic (exact) mass is 438 g/mol. The minimum Gasteiger partial charge on any atom is -0.438 e. The second kappa shape index (κ2) is 9.04. The van der Waals surface area contributed by atoms with Gasteiger partial charge in [-0.05, 0) is 41.5 Å². The number of ether oxygens (including phenoxy) is 1. The summed E-state index contributed by atoms with van der Waals surface area (Å²) in [4.78, 5) is 20.8. The van der Waals surface area contributed by atoms with Gasteiger partial charge in [0.25, 0.3) is 0 Å². The number of furan rings is 1. The highest BCUT2D eigenvalue weighted by Gasteiger charge is 2.14. The second-order valence-electron chi connectivity index (χ2n) is 7.64. The first-order valence-corrected chi connectivity index (χ1v) is 10.5. The summed E-state index contributed by atoms with van der Waals surface area (Å²) in [6.45, 7) is 0. The van der Waals surface area contributed by atoms with E-state index in [9.17, 15) is 9.18 Å². The fourth-order valence-electron chi connectivity index (χ4n) is 3.57. The zero-order valence-corrected chi connectivity index (χ0v) is 17.6. The Balaban J connectivity index is 1.28. The number of Topliss-reactive ketones (excluding diaryl/α,β-unsaturated/α-hetero) is 1. The molecule has 0 aliphatic rings. The number of carbonyl (C=O) groups is 1. The zero-order valence-electron chi connectivity index (χ0n) is 17.6. The fourth-order valence-corrected chi connectivity index (χ4v) is 3.57. The molecule has 6 heteroatoms. The number of ketones is 1. The van der Waals surface area contributed by atoms with Crippen LogP contribution in [0.4, 0.5) is 4.39 Å². The first-order valence-electron chi connectivity index (χ1n) is 10.5. The van der Waals surface area contributed by atoms with Gasteiger partial charge >= 0.3 is 0 Å². The number of fused-ring (bicyclic) bond motifs is 1. The first-order chi connectivity index (χ1) is 16.1. The number of nitrogens with zero attached hydrogens (tertiary/aromatic N) is 2. The summed E-state index contributed by atoms with van der Waals surface area (Å²) >= 11 is 0. The topological polar surface area (TPSA) is 65.2 Å². The van der Waals surface area contributed by atoms with E-state index in [1.54, 1.807) is 24.3 Å². The highest BCUT2D eigenvalue weighted by molar-refractivity contribution is 5.84. The largest absolute Gasteiger partial charge is 0.438 e. The molecule has 0 aliphatic carbocycles. The van der Waals surface area contributed by atoms with Gasteiger partial charge in [-0.3, -0.25) is 4.79 Å². The summed E-state index contributed by atoms with van der Waals surface area (Å²) in [5, 5.41) is 0.676. The van der Waals surface area contributed by atoms with Crippen LogP contribution in [0.15, 0.2) is 95.7 Å². The molecule has 0 fully saturated rings. The van der Waals surface area contributed by atoms with Gasteiger partial charge in [-0.15, -0.1) is 0 Å². The molecule has 5 rings (SSSR count). The van der Waals surface area contributed by atoms with E-state index < -0.39 is 0 Å². The summed E-state index contributed by atoms with van der Waals surface area (Å²) in [6, 6.07) is 24.9. The summed E-state index contributed by atoms with van der Waals surface area (Å²) in [6.07, 6.45) is 1.96. The Hall–Kier alpha value is -4.32. The Morgan fingerprint density at radius 3 is 2.21 bits per heavy atom. The fraction of sp³-hybridized carbons (Fsp3) is 0.0741. The van der Waals surface area contributed by atoms with Crippen molar-refractivity contribution in [1.82, 2.24) is 9.97 Å². The van der Waals surface area contributed by atoms with Gasteiger partial charge in [-0.1, -0.05) is 54.6 Å². The van der Waals surface area contributed by atoms with Crippen molar-refractivity contribution in [3.8, 4) is 23.0 Å². The van der Waals surface area contributed by atoms with Crippen LogP contribution in [0, 0.1) is 5.82 Å². The molecule has 0 saturated heterocycles. The lowest BCUT2D eigenvalue weighted by Gasteiger charge is -2.06. The molecule has 0 N–H and O–H groups in total. The van der Waals surface area contributed by atoms with Crippen LogP contribution in [0.2, 0.25) is 0 Å². The molecule has 0 bridgehead atoms. The third-order valence-electron chi connectivity index (χ3n) is 5.20. The molecule has 3 aromatic carbocycles. The van der Waals surface area contributed by atoms with Crippen LogP contribution in [-0.4, -0.2) is 15.8 Å². The van der Waals surface area contributed by atoms with Crippen molar-refractivity contribution in [1.29, 1.82) is 0 Å². The number of halogens is 1. The zero-order chi connectivity index (χ0) is 22.6. The van der Waals surface area contributed by atoms with E-state index in [2.05, 4.69) is 9.97 Å². The Bertz CT molecular complexity index is 1400. The van der Waals surface area contributed by atoms with Crippen LogP contribution in [0.5, 0.6) is 11.6 Å². The van der Waals surface area contributed by atoms with Gasteiger partial charge in [-0.2, -0.15) is 0 Å². The maximum Gasteiger partial charge on any atom is 0.233 e. The molecule has 0 spiro atoms. The molecule has 2 aromatic heterocycles. The van der Waals surface area contributed by atoms with Gasteiger partial charge in [0.1, 0.15) is 34.8 Å². The molecule has 0 atom stereocenters. The van der Waals surface area contributed by atoms with E-state index in [0.717, 1.165) is 16.7 Å². The van der Waals surface area contributed by atoms with E-state index in [0.29, 0.717) is 28.5 Å². The van der Waals surface area contributed by atoms with E-state index in [4.69, 9.17) is 9.15 Å². The van der Waals surface area contributed by atoms with Crippen LogP contribution in [-0.2, 0) is 17.6 Å². The maximum absolute atomic E-state index is 13.0. The lowest BCUT2D eigenvalue weighted by Crippen LogP contribution is -2.06. The minimum atomic E-state index is -0.311. The smallest absolute Gasteiger partial charge is 0.233 e. The van der Waals surface area contributed by atoms with E-state index in [1.165, 1.54) is 18.5 Å². The van der Waals surface area contributed by atoms with E-state index >= 15 is 0 Å². The van der Waals surface area contributed by atoms with Crippen LogP contribution in [0.3, 0.4) is 0 Å². The summed E-state index contributed by atoms with van der Waals surface area (Å²) < 4.78 is 24.9. The Morgan fingerprint density at radius 2 is 1.52 bits per heavy atom. The number of hydrogen-bond acceptors (Lipinski definition) is 5. The van der Waals surface area contributed by atoms with E-state index in [1.807, 2.05) is 48.5 Å². The lowest BCUT2D eigenvalue weighted by atomic mass is 10.0. The molecule has 33 heavy (non-hydrogen) atoms. The molecule has 0 amide bonds. The summed E-state index contributed by atoms with van der Waals surface area (Å²) in [5.74, 6) is 1.42. The normalized spacial score (nSPS) is 10.9. The van der Waals surface area contributed by atoms with Crippen LogP contribution >= 0.6 is 0 Å². The maximum atomic E-state index is 13.0. The van der Waals surface area contributed by atoms with Gasteiger partial charge in [0, 0.05) is 18.4 Å². The highest BCUT2D eigenvalue weighted by Crippen LogP contribution is 2.33. The molecule has 0 radical (unpaired) electrons. The molecule has 0 unspecified atom stereocenters. The van der Waals surface area contributed by atoms with Crippen molar-refractivity contribution >= 4 is 16.9 Å². The van der Waals surface area contributed by atoms with Gasteiger partial charge in [0.05, 0.1) is 0 Å². The van der Waals surface area contributed by atoms with Crippen molar-refractivity contribution in [3.63, 3.8) is 0 Å². The van der Waals surface area contributed by atoms with Crippen LogP contribution in [0.1, 0.15) is 11.1 Å². The Kier molecular flexibility index (Phi) is 5.64. The van der Waals surface area contributed by atoms with Gasteiger partial charge < -0.3 is 9.15 Å². The second-order valence-corrected chi connectivity index (χ2v) is 7.64. The highest BCUT2D eigenvalue weighted by atomic mass is 19.1. The summed E-state index contributed by atoms with van der Waals surface area (Å²) in [7, 11) is 0. The lowest BCUT2D eigenvalue weighted by molar-refractivity contribution is -0.117. The molecule has 5 aromatic rings. The quantitative estimate of drug-likeness (QED) is 0.304. The molecule has 0 saturated carbocycles. The first kappa shape index (κ1) is 20.6.